The van der Waals surface area contributed by atoms with Crippen LogP contribution in [0.2, 0.25) is 0 Å². The standard InChI is InChI=1S/C23H23O2P/c1-18(2)17-23(24)25-21-15-9-10-16-22(21)26(19-11-5-3-6-12-19)20-13-7-4-8-14-20/h3-16,18H,17H2,1-2H3. The van der Waals surface area contributed by atoms with E-state index in [1.807, 2.05) is 44.2 Å². The Labute approximate surface area is 156 Å². The summed E-state index contributed by atoms with van der Waals surface area (Å²) >= 11 is 0. The molecule has 0 saturated heterocycles. The third-order valence-corrected chi connectivity index (χ3v) is 6.41. The fourth-order valence-electron chi connectivity index (χ4n) is 2.81. The molecule has 0 atom stereocenters. The Morgan fingerprint density at radius 1 is 0.808 bits per heavy atom. The van der Waals surface area contributed by atoms with Gasteiger partial charge < -0.3 is 4.74 Å². The molecule has 3 rings (SSSR count). The molecule has 0 N–H and O–H groups in total. The Balaban J connectivity index is 2.04. The molecule has 3 aromatic carbocycles. The Bertz CT molecular complexity index is 805. The van der Waals surface area contributed by atoms with E-state index in [1.165, 1.54) is 10.6 Å². The van der Waals surface area contributed by atoms with Gasteiger partial charge >= 0.3 is 5.97 Å². The molecule has 2 nitrogen and oxygen atoms in total. The van der Waals surface area contributed by atoms with Gasteiger partial charge in [0.05, 0.1) is 0 Å². The lowest BCUT2D eigenvalue weighted by Gasteiger charge is -2.21. The zero-order valence-electron chi connectivity index (χ0n) is 15.1. The first-order valence-electron chi connectivity index (χ1n) is 8.85. The highest BCUT2D eigenvalue weighted by molar-refractivity contribution is 7.80. The van der Waals surface area contributed by atoms with Crippen LogP contribution in [0.3, 0.4) is 0 Å². The number of carbonyl (C=O) groups excluding carboxylic acids is 1. The van der Waals surface area contributed by atoms with Crippen molar-refractivity contribution in [2.45, 2.75) is 20.3 Å². The molecule has 3 heteroatoms. The maximum Gasteiger partial charge on any atom is 0.311 e. The summed E-state index contributed by atoms with van der Waals surface area (Å²) in [6.07, 6.45) is 0.420. The van der Waals surface area contributed by atoms with Gasteiger partial charge in [0.15, 0.2) is 0 Å². The van der Waals surface area contributed by atoms with Gasteiger partial charge in [0.2, 0.25) is 0 Å². The third kappa shape index (κ3) is 4.59. The summed E-state index contributed by atoms with van der Waals surface area (Å²) in [5.41, 5.74) is 0. The molecule has 0 saturated carbocycles. The van der Waals surface area contributed by atoms with Crippen LogP contribution in [0.1, 0.15) is 20.3 Å². The summed E-state index contributed by atoms with van der Waals surface area (Å²) in [4.78, 5) is 12.3. The fraction of sp³-hybridized carbons (Fsp3) is 0.174. The average molecular weight is 362 g/mol. The topological polar surface area (TPSA) is 26.3 Å². The zero-order valence-corrected chi connectivity index (χ0v) is 16.0. The van der Waals surface area contributed by atoms with Crippen molar-refractivity contribution in [3.8, 4) is 5.75 Å². The molecule has 0 heterocycles. The minimum atomic E-state index is -0.795. The van der Waals surface area contributed by atoms with Gasteiger partial charge in [-0.2, -0.15) is 0 Å². The van der Waals surface area contributed by atoms with E-state index in [-0.39, 0.29) is 11.9 Å². The van der Waals surface area contributed by atoms with Crippen molar-refractivity contribution in [3.05, 3.63) is 84.9 Å². The lowest BCUT2D eigenvalue weighted by atomic mass is 10.1. The van der Waals surface area contributed by atoms with Crippen LogP contribution in [0, 0.1) is 5.92 Å². The Morgan fingerprint density at radius 2 is 1.31 bits per heavy atom. The maximum atomic E-state index is 12.3. The highest BCUT2D eigenvalue weighted by Gasteiger charge is 2.21. The first kappa shape index (κ1) is 18.4. The Kier molecular flexibility index (Phi) is 6.20. The van der Waals surface area contributed by atoms with Crippen LogP contribution in [-0.2, 0) is 4.79 Å². The van der Waals surface area contributed by atoms with E-state index < -0.39 is 7.92 Å². The number of rotatable bonds is 6. The van der Waals surface area contributed by atoms with Crippen molar-refractivity contribution >= 4 is 29.8 Å². The monoisotopic (exact) mass is 362 g/mol. The molecule has 132 valence electrons. The van der Waals surface area contributed by atoms with Crippen LogP contribution in [0.5, 0.6) is 5.75 Å². The van der Waals surface area contributed by atoms with Crippen LogP contribution >= 0.6 is 7.92 Å². The molecule has 3 aromatic rings. The lowest BCUT2D eigenvalue weighted by molar-refractivity contribution is -0.135. The summed E-state index contributed by atoms with van der Waals surface area (Å²) in [6, 6.07) is 28.8. The molecule has 0 amide bonds. The van der Waals surface area contributed by atoms with Crippen molar-refractivity contribution in [2.24, 2.45) is 5.92 Å². The number of hydrogen-bond acceptors (Lipinski definition) is 2. The number of para-hydroxylation sites is 1. The van der Waals surface area contributed by atoms with Gasteiger partial charge in [-0.25, -0.2) is 0 Å². The molecular weight excluding hydrogens is 339 g/mol. The first-order chi connectivity index (χ1) is 12.6. The highest BCUT2D eigenvalue weighted by atomic mass is 31.1. The summed E-state index contributed by atoms with van der Waals surface area (Å²) in [6.45, 7) is 4.04. The summed E-state index contributed by atoms with van der Waals surface area (Å²) in [5, 5.41) is 3.54. The Hall–Kier alpha value is -2.44. The molecule has 0 radical (unpaired) electrons. The van der Waals surface area contributed by atoms with E-state index in [2.05, 4.69) is 54.6 Å². The van der Waals surface area contributed by atoms with Crippen molar-refractivity contribution in [1.29, 1.82) is 0 Å². The van der Waals surface area contributed by atoms with Gasteiger partial charge in [-0.15, -0.1) is 0 Å². The van der Waals surface area contributed by atoms with Gasteiger partial charge in [-0.3, -0.25) is 4.79 Å². The van der Waals surface area contributed by atoms with E-state index in [4.69, 9.17) is 4.74 Å². The van der Waals surface area contributed by atoms with Crippen molar-refractivity contribution in [1.82, 2.24) is 0 Å². The molecular formula is C23H23O2P. The first-order valence-corrected chi connectivity index (χ1v) is 10.2. The SMILES string of the molecule is CC(C)CC(=O)Oc1ccccc1P(c1ccccc1)c1ccccc1. The van der Waals surface area contributed by atoms with E-state index >= 15 is 0 Å². The molecule has 0 spiro atoms. The molecule has 0 unspecified atom stereocenters. The fourth-order valence-corrected chi connectivity index (χ4v) is 5.18. The predicted octanol–water partition coefficient (Wildman–Crippen LogP) is 4.40. The highest BCUT2D eigenvalue weighted by Crippen LogP contribution is 2.36. The van der Waals surface area contributed by atoms with Gasteiger partial charge in [0.25, 0.3) is 0 Å². The van der Waals surface area contributed by atoms with Crippen LogP contribution in [0.4, 0.5) is 0 Å². The van der Waals surface area contributed by atoms with Gasteiger partial charge in [-0.1, -0.05) is 92.7 Å². The number of esters is 1. The molecule has 0 aliphatic rings. The van der Waals surface area contributed by atoms with Crippen molar-refractivity contribution in [2.75, 3.05) is 0 Å². The van der Waals surface area contributed by atoms with Crippen LogP contribution in [0.15, 0.2) is 84.9 Å². The molecule has 0 fully saturated rings. The molecule has 0 aliphatic heterocycles. The van der Waals surface area contributed by atoms with Crippen molar-refractivity contribution in [3.63, 3.8) is 0 Å². The number of benzene rings is 3. The van der Waals surface area contributed by atoms with Gasteiger partial charge in [-0.05, 0) is 30.5 Å². The molecule has 0 aliphatic carbocycles. The molecule has 0 bridgehead atoms. The van der Waals surface area contributed by atoms with Crippen LogP contribution in [0.25, 0.3) is 0 Å². The van der Waals surface area contributed by atoms with Crippen molar-refractivity contribution < 1.29 is 9.53 Å². The quantitative estimate of drug-likeness (QED) is 0.369. The second kappa shape index (κ2) is 8.78. The second-order valence-electron chi connectivity index (χ2n) is 6.55. The second-order valence-corrected chi connectivity index (χ2v) is 8.73. The number of hydrogen-bond donors (Lipinski definition) is 0. The van der Waals surface area contributed by atoms with E-state index in [0.29, 0.717) is 12.2 Å². The molecule has 26 heavy (non-hydrogen) atoms. The van der Waals surface area contributed by atoms with Crippen LogP contribution in [-0.4, -0.2) is 5.97 Å². The van der Waals surface area contributed by atoms with E-state index in [0.717, 1.165) is 5.30 Å². The van der Waals surface area contributed by atoms with Crippen LogP contribution < -0.4 is 20.7 Å². The normalized spacial score (nSPS) is 10.9. The summed E-state index contributed by atoms with van der Waals surface area (Å²) in [7, 11) is -0.795. The number of ether oxygens (including phenoxy) is 1. The third-order valence-electron chi connectivity index (χ3n) is 3.93. The summed E-state index contributed by atoms with van der Waals surface area (Å²) in [5.74, 6) is 0.764. The number of carbonyl (C=O) groups is 1. The predicted molar refractivity (Wildman–Crippen MR) is 110 cm³/mol. The largest absolute Gasteiger partial charge is 0.426 e. The molecule has 0 aromatic heterocycles. The smallest absolute Gasteiger partial charge is 0.311 e. The minimum absolute atomic E-state index is 0.177. The Morgan fingerprint density at radius 3 is 1.85 bits per heavy atom. The van der Waals surface area contributed by atoms with E-state index in [9.17, 15) is 4.79 Å². The zero-order chi connectivity index (χ0) is 18.4. The minimum Gasteiger partial charge on any atom is -0.426 e. The lowest BCUT2D eigenvalue weighted by Crippen LogP contribution is -2.23. The van der Waals surface area contributed by atoms with E-state index in [1.54, 1.807) is 0 Å². The average Bonchev–Trinajstić information content (AvgIpc) is 2.64. The van der Waals surface area contributed by atoms with Gasteiger partial charge in [0, 0.05) is 11.7 Å². The summed E-state index contributed by atoms with van der Waals surface area (Å²) < 4.78 is 5.76. The maximum absolute atomic E-state index is 12.3. The van der Waals surface area contributed by atoms with Gasteiger partial charge in [0.1, 0.15) is 5.75 Å².